The first-order chi connectivity index (χ1) is 5.85. The average molecular weight is 229 g/mol. The van der Waals surface area contributed by atoms with E-state index in [4.69, 9.17) is 0 Å². The molecule has 0 radical (unpaired) electrons. The summed E-state index contributed by atoms with van der Waals surface area (Å²) in [4.78, 5) is 0. The van der Waals surface area contributed by atoms with Crippen LogP contribution in [0.4, 0.5) is 0 Å². The lowest BCUT2D eigenvalue weighted by atomic mass is 10.2. The van der Waals surface area contributed by atoms with Crippen LogP contribution in [0.1, 0.15) is 24.8 Å². The Morgan fingerprint density at radius 1 is 1.75 bits per heavy atom. The highest BCUT2D eigenvalue weighted by Crippen LogP contribution is 2.48. The minimum absolute atomic E-state index is 0.782. The quantitative estimate of drug-likeness (QED) is 0.727. The van der Waals surface area contributed by atoms with E-state index in [-0.39, 0.29) is 0 Å². The molecule has 1 saturated carbocycles. The standard InChI is InChI=1S/C9H13BrN2/c1-2-12-6-8(5-11-12)9-3-7(9)4-10/h5-7,9H,2-4H2,1H3. The summed E-state index contributed by atoms with van der Waals surface area (Å²) in [6.07, 6.45) is 5.52. The van der Waals surface area contributed by atoms with Gasteiger partial charge in [-0.15, -0.1) is 0 Å². The van der Waals surface area contributed by atoms with Gasteiger partial charge in [0.05, 0.1) is 6.20 Å². The Morgan fingerprint density at radius 3 is 3.08 bits per heavy atom. The summed E-state index contributed by atoms with van der Waals surface area (Å²) in [6, 6.07) is 0. The number of hydrogen-bond acceptors (Lipinski definition) is 1. The fraction of sp³-hybridized carbons (Fsp3) is 0.667. The van der Waals surface area contributed by atoms with Gasteiger partial charge in [-0.25, -0.2) is 0 Å². The van der Waals surface area contributed by atoms with E-state index < -0.39 is 0 Å². The molecule has 1 aromatic rings. The maximum absolute atomic E-state index is 4.27. The molecule has 0 spiro atoms. The van der Waals surface area contributed by atoms with Crippen LogP contribution in [0, 0.1) is 5.92 Å². The lowest BCUT2D eigenvalue weighted by Gasteiger charge is -1.92. The number of aryl methyl sites for hydroxylation is 1. The summed E-state index contributed by atoms with van der Waals surface area (Å²) >= 11 is 3.51. The highest BCUT2D eigenvalue weighted by atomic mass is 79.9. The topological polar surface area (TPSA) is 17.8 Å². The molecule has 0 amide bonds. The van der Waals surface area contributed by atoms with Crippen LogP contribution in [-0.4, -0.2) is 15.1 Å². The van der Waals surface area contributed by atoms with Crippen molar-refractivity contribution in [3.63, 3.8) is 0 Å². The van der Waals surface area contributed by atoms with Gasteiger partial charge in [0.25, 0.3) is 0 Å². The molecule has 66 valence electrons. The van der Waals surface area contributed by atoms with Gasteiger partial charge in [0.1, 0.15) is 0 Å². The first-order valence-electron chi connectivity index (χ1n) is 4.43. The van der Waals surface area contributed by atoms with Crippen LogP contribution < -0.4 is 0 Å². The molecular weight excluding hydrogens is 216 g/mol. The molecule has 0 aliphatic heterocycles. The summed E-state index contributed by atoms with van der Waals surface area (Å²) in [7, 11) is 0. The van der Waals surface area contributed by atoms with Gasteiger partial charge in [-0.05, 0) is 30.7 Å². The second-order valence-corrected chi connectivity index (χ2v) is 4.03. The van der Waals surface area contributed by atoms with Crippen molar-refractivity contribution in [2.75, 3.05) is 5.33 Å². The van der Waals surface area contributed by atoms with Crippen LogP contribution in [0.3, 0.4) is 0 Å². The van der Waals surface area contributed by atoms with Crippen molar-refractivity contribution in [2.45, 2.75) is 25.8 Å². The lowest BCUT2D eigenvalue weighted by Crippen LogP contribution is -1.92. The molecule has 2 atom stereocenters. The van der Waals surface area contributed by atoms with E-state index in [0.29, 0.717) is 0 Å². The first-order valence-corrected chi connectivity index (χ1v) is 5.55. The monoisotopic (exact) mass is 228 g/mol. The van der Waals surface area contributed by atoms with Crippen molar-refractivity contribution in [1.29, 1.82) is 0 Å². The third kappa shape index (κ3) is 1.42. The van der Waals surface area contributed by atoms with E-state index in [1.165, 1.54) is 12.0 Å². The Hall–Kier alpha value is -0.310. The number of rotatable bonds is 3. The van der Waals surface area contributed by atoms with Gasteiger partial charge in [0, 0.05) is 18.1 Å². The Kier molecular flexibility index (Phi) is 2.22. The van der Waals surface area contributed by atoms with Gasteiger partial charge in [-0.3, -0.25) is 4.68 Å². The molecule has 1 heterocycles. The van der Waals surface area contributed by atoms with Gasteiger partial charge in [0.15, 0.2) is 0 Å². The van der Waals surface area contributed by atoms with E-state index in [2.05, 4.69) is 34.1 Å². The van der Waals surface area contributed by atoms with Crippen molar-refractivity contribution in [3.05, 3.63) is 18.0 Å². The fourth-order valence-electron chi connectivity index (χ4n) is 1.57. The molecule has 2 rings (SSSR count). The van der Waals surface area contributed by atoms with E-state index >= 15 is 0 Å². The van der Waals surface area contributed by atoms with Crippen molar-refractivity contribution in [3.8, 4) is 0 Å². The summed E-state index contributed by atoms with van der Waals surface area (Å²) in [6.45, 7) is 3.09. The predicted octanol–water partition coefficient (Wildman–Crippen LogP) is 2.40. The van der Waals surface area contributed by atoms with Gasteiger partial charge in [-0.2, -0.15) is 5.10 Å². The second kappa shape index (κ2) is 3.21. The molecule has 0 saturated heterocycles. The van der Waals surface area contributed by atoms with Crippen LogP contribution in [-0.2, 0) is 6.54 Å². The van der Waals surface area contributed by atoms with Crippen molar-refractivity contribution >= 4 is 15.9 Å². The molecule has 0 bridgehead atoms. The maximum atomic E-state index is 4.27. The van der Waals surface area contributed by atoms with E-state index in [1.807, 2.05) is 10.9 Å². The Bertz CT molecular complexity index is 269. The zero-order valence-corrected chi connectivity index (χ0v) is 8.79. The van der Waals surface area contributed by atoms with Crippen molar-refractivity contribution in [2.24, 2.45) is 5.92 Å². The normalized spacial score (nSPS) is 27.5. The summed E-state index contributed by atoms with van der Waals surface area (Å²) in [5.41, 5.74) is 1.42. The lowest BCUT2D eigenvalue weighted by molar-refractivity contribution is 0.659. The minimum Gasteiger partial charge on any atom is -0.273 e. The number of nitrogens with zero attached hydrogens (tertiary/aromatic N) is 2. The van der Waals surface area contributed by atoms with Gasteiger partial charge in [-0.1, -0.05) is 15.9 Å². The highest BCUT2D eigenvalue weighted by molar-refractivity contribution is 9.09. The first kappa shape index (κ1) is 8.30. The molecule has 0 N–H and O–H groups in total. The molecule has 1 aliphatic rings. The zero-order chi connectivity index (χ0) is 8.55. The molecule has 1 aliphatic carbocycles. The van der Waals surface area contributed by atoms with Gasteiger partial charge >= 0.3 is 0 Å². The van der Waals surface area contributed by atoms with E-state index in [0.717, 1.165) is 23.7 Å². The molecule has 3 heteroatoms. The maximum Gasteiger partial charge on any atom is 0.0524 e. The van der Waals surface area contributed by atoms with Crippen LogP contribution in [0.15, 0.2) is 12.4 Å². The molecule has 12 heavy (non-hydrogen) atoms. The second-order valence-electron chi connectivity index (χ2n) is 3.39. The number of aromatic nitrogens is 2. The van der Waals surface area contributed by atoms with Gasteiger partial charge in [0.2, 0.25) is 0 Å². The van der Waals surface area contributed by atoms with Gasteiger partial charge < -0.3 is 0 Å². The Labute approximate surface area is 81.1 Å². The molecule has 0 aromatic carbocycles. The van der Waals surface area contributed by atoms with Crippen LogP contribution in [0.25, 0.3) is 0 Å². The fourth-order valence-corrected chi connectivity index (χ4v) is 2.29. The minimum atomic E-state index is 0.782. The molecule has 2 nitrogen and oxygen atoms in total. The van der Waals surface area contributed by atoms with E-state index in [1.54, 1.807) is 0 Å². The average Bonchev–Trinajstić information content (AvgIpc) is 2.75. The van der Waals surface area contributed by atoms with Crippen LogP contribution in [0.5, 0.6) is 0 Å². The van der Waals surface area contributed by atoms with E-state index in [9.17, 15) is 0 Å². The summed E-state index contributed by atoms with van der Waals surface area (Å²) < 4.78 is 2.00. The Morgan fingerprint density at radius 2 is 2.58 bits per heavy atom. The number of hydrogen-bond donors (Lipinski definition) is 0. The summed E-state index contributed by atoms with van der Waals surface area (Å²) in [5.74, 6) is 1.64. The largest absolute Gasteiger partial charge is 0.273 e. The zero-order valence-electron chi connectivity index (χ0n) is 7.20. The molecule has 1 fully saturated rings. The van der Waals surface area contributed by atoms with Crippen LogP contribution in [0.2, 0.25) is 0 Å². The third-order valence-corrected chi connectivity index (χ3v) is 3.36. The number of halogens is 1. The van der Waals surface area contributed by atoms with Crippen LogP contribution >= 0.6 is 15.9 Å². The summed E-state index contributed by atoms with van der Waals surface area (Å²) in [5, 5.41) is 5.40. The molecule has 2 unspecified atom stereocenters. The van der Waals surface area contributed by atoms with Crippen molar-refractivity contribution < 1.29 is 0 Å². The highest BCUT2D eigenvalue weighted by Gasteiger charge is 2.37. The smallest absolute Gasteiger partial charge is 0.0524 e. The predicted molar refractivity (Wildman–Crippen MR) is 52.5 cm³/mol. The third-order valence-electron chi connectivity index (χ3n) is 2.53. The Balaban J connectivity index is 2.05. The molecule has 1 aromatic heterocycles. The molecular formula is C9H13BrN2. The van der Waals surface area contributed by atoms with Crippen molar-refractivity contribution in [1.82, 2.24) is 9.78 Å². The SMILES string of the molecule is CCn1cc(C2CC2CBr)cn1. The number of alkyl halides is 1.